The van der Waals surface area contributed by atoms with Crippen molar-refractivity contribution in [3.8, 4) is 0 Å². The average molecular weight is 495 g/mol. The number of benzene rings is 2. The Labute approximate surface area is 181 Å². The Morgan fingerprint density at radius 2 is 1.35 bits per heavy atom. The van der Waals surface area contributed by atoms with E-state index in [0.717, 1.165) is 0 Å². The fraction of sp³-hybridized carbons (Fsp3) is 0.167. The number of nitrogens with zero attached hydrogens (tertiary/aromatic N) is 3. The van der Waals surface area contributed by atoms with Crippen LogP contribution in [0.4, 0.5) is 21.0 Å². The normalized spacial score (nSPS) is 10.8. The van der Waals surface area contributed by atoms with Gasteiger partial charge in [0.25, 0.3) is 0 Å². The Kier molecular flexibility index (Phi) is 8.61. The van der Waals surface area contributed by atoms with Crippen molar-refractivity contribution in [2.45, 2.75) is 19.0 Å². The van der Waals surface area contributed by atoms with Crippen molar-refractivity contribution < 1.29 is 28.9 Å². The van der Waals surface area contributed by atoms with E-state index < -0.39 is 22.0 Å². The third-order valence-corrected chi connectivity index (χ3v) is 4.84. The second kappa shape index (κ2) is 11.4. The summed E-state index contributed by atoms with van der Waals surface area (Å²) in [5.74, 6) is 1.71. The van der Waals surface area contributed by atoms with Crippen LogP contribution in [0.2, 0.25) is 5.82 Å². The number of nitrogens with one attached hydrogen (secondary N) is 1. The standard InChI is InChI=1S/C18H16N4O8Se/c1-31-16(19-17(23)29-10-12-2-6-14(7-3-12)21(25)26)20-18(24)30-11-13-4-8-15(9-5-13)22(27)28/h2-9H,10-11H2,1H3,(H,19,20,23,24). The van der Waals surface area contributed by atoms with Crippen LogP contribution in [0.15, 0.2) is 53.5 Å². The molecule has 0 saturated heterocycles. The second-order valence-electron chi connectivity index (χ2n) is 5.72. The van der Waals surface area contributed by atoms with Gasteiger partial charge in [0.2, 0.25) is 0 Å². The first kappa shape index (κ1) is 23.4. The molecular weight excluding hydrogens is 479 g/mol. The van der Waals surface area contributed by atoms with Crippen molar-refractivity contribution in [3.63, 3.8) is 0 Å². The molecular formula is C18H16N4O8Se. The van der Waals surface area contributed by atoms with Crippen LogP contribution in [-0.2, 0) is 22.7 Å². The number of amidine groups is 1. The monoisotopic (exact) mass is 496 g/mol. The van der Waals surface area contributed by atoms with Gasteiger partial charge in [-0.05, 0) is 0 Å². The van der Waals surface area contributed by atoms with Crippen molar-refractivity contribution in [1.29, 1.82) is 0 Å². The van der Waals surface area contributed by atoms with E-state index in [-0.39, 0.29) is 44.3 Å². The molecule has 12 nitrogen and oxygen atoms in total. The molecule has 2 rings (SSSR count). The molecule has 0 saturated carbocycles. The van der Waals surface area contributed by atoms with Gasteiger partial charge in [-0.1, -0.05) is 0 Å². The van der Waals surface area contributed by atoms with E-state index in [0.29, 0.717) is 11.1 Å². The molecule has 0 aliphatic heterocycles. The number of alkyl carbamates (subject to hydrolysis) is 1. The fourth-order valence-electron chi connectivity index (χ4n) is 2.08. The van der Waals surface area contributed by atoms with Gasteiger partial charge in [0.05, 0.1) is 0 Å². The minimum absolute atomic E-state index is 0.0786. The van der Waals surface area contributed by atoms with Gasteiger partial charge < -0.3 is 0 Å². The molecule has 1 N–H and O–H groups in total. The van der Waals surface area contributed by atoms with Gasteiger partial charge in [-0.3, -0.25) is 0 Å². The zero-order valence-electron chi connectivity index (χ0n) is 16.0. The number of ether oxygens (including phenoxy) is 2. The van der Waals surface area contributed by atoms with E-state index in [4.69, 9.17) is 9.47 Å². The molecule has 0 bridgehead atoms. The molecule has 0 aromatic heterocycles. The number of nitro benzene ring substituents is 2. The molecule has 162 valence electrons. The zero-order chi connectivity index (χ0) is 22.8. The third kappa shape index (κ3) is 7.84. The first-order chi connectivity index (χ1) is 14.8. The van der Waals surface area contributed by atoms with Crippen LogP contribution in [0.1, 0.15) is 11.1 Å². The predicted octanol–water partition coefficient (Wildman–Crippen LogP) is 3.17. The number of non-ortho nitro benzene ring substituents is 2. The van der Waals surface area contributed by atoms with Gasteiger partial charge in [-0.2, -0.15) is 0 Å². The summed E-state index contributed by atoms with van der Waals surface area (Å²) in [7, 11) is 0. The zero-order valence-corrected chi connectivity index (χ0v) is 17.8. The summed E-state index contributed by atoms with van der Waals surface area (Å²) in [5, 5.41) is 23.6. The maximum absolute atomic E-state index is 11.9. The van der Waals surface area contributed by atoms with E-state index in [2.05, 4.69) is 10.3 Å². The van der Waals surface area contributed by atoms with Gasteiger partial charge in [-0.15, -0.1) is 0 Å². The fourth-order valence-corrected chi connectivity index (χ4v) is 2.82. The van der Waals surface area contributed by atoms with Crippen LogP contribution in [0.25, 0.3) is 0 Å². The van der Waals surface area contributed by atoms with E-state index >= 15 is 0 Å². The molecule has 0 aliphatic rings. The molecule has 2 aromatic carbocycles. The Morgan fingerprint density at radius 1 is 0.903 bits per heavy atom. The van der Waals surface area contributed by atoms with Crippen LogP contribution >= 0.6 is 0 Å². The quantitative estimate of drug-likeness (QED) is 0.201. The number of rotatable bonds is 7. The second-order valence-corrected chi connectivity index (χ2v) is 7.39. The number of hydrogen-bond donors (Lipinski definition) is 1. The van der Waals surface area contributed by atoms with Gasteiger partial charge in [0.1, 0.15) is 0 Å². The Morgan fingerprint density at radius 3 is 1.77 bits per heavy atom. The minimum atomic E-state index is -0.937. The Balaban J connectivity index is 1.82. The molecule has 0 atom stereocenters. The molecule has 13 heteroatoms. The van der Waals surface area contributed by atoms with Crippen molar-refractivity contribution >= 4 is 43.3 Å². The van der Waals surface area contributed by atoms with Gasteiger partial charge >= 0.3 is 181 Å². The summed E-state index contributed by atoms with van der Waals surface area (Å²) < 4.78 is 10.1. The van der Waals surface area contributed by atoms with Gasteiger partial charge in [0.15, 0.2) is 0 Å². The Hall–Kier alpha value is -3.83. The number of aliphatic imine (C=N–C) groups is 1. The van der Waals surface area contributed by atoms with E-state index in [1.807, 2.05) is 0 Å². The summed E-state index contributed by atoms with van der Waals surface area (Å²) >= 11 is -0.362. The van der Waals surface area contributed by atoms with Crippen LogP contribution in [-0.4, -0.2) is 41.7 Å². The number of nitro groups is 2. The number of carbonyl (C=O) groups is 2. The van der Waals surface area contributed by atoms with Crippen LogP contribution in [0.3, 0.4) is 0 Å². The topological polar surface area (TPSA) is 163 Å². The van der Waals surface area contributed by atoms with Crippen molar-refractivity contribution in [2.24, 2.45) is 4.99 Å². The molecule has 2 amide bonds. The number of amides is 2. The molecule has 0 heterocycles. The molecule has 2 aromatic rings. The van der Waals surface area contributed by atoms with Crippen molar-refractivity contribution in [3.05, 3.63) is 79.9 Å². The van der Waals surface area contributed by atoms with Crippen molar-refractivity contribution in [2.75, 3.05) is 0 Å². The summed E-state index contributed by atoms with van der Waals surface area (Å²) in [6.45, 7) is -0.271. The van der Waals surface area contributed by atoms with Crippen LogP contribution in [0, 0.1) is 20.2 Å². The molecule has 0 fully saturated rings. The Bertz CT molecular complexity index is 993. The third-order valence-electron chi connectivity index (χ3n) is 3.62. The summed E-state index contributed by atoms with van der Waals surface area (Å²) in [6, 6.07) is 11.0. The molecule has 0 spiro atoms. The van der Waals surface area contributed by atoms with Crippen molar-refractivity contribution in [1.82, 2.24) is 5.32 Å². The number of hydrogen-bond acceptors (Lipinski definition) is 8. The van der Waals surface area contributed by atoms with Crippen LogP contribution < -0.4 is 5.32 Å². The van der Waals surface area contributed by atoms with Gasteiger partial charge in [0, 0.05) is 0 Å². The first-order valence-corrected chi connectivity index (χ1v) is 11.1. The molecule has 31 heavy (non-hydrogen) atoms. The van der Waals surface area contributed by atoms with Gasteiger partial charge in [-0.25, -0.2) is 0 Å². The SMILES string of the molecule is C[Se]/C(=N\C(=O)OCc1ccc([N+](=O)[O-])cc1)NC(=O)OCc1ccc([N+](=O)[O-])cc1. The molecule has 0 unspecified atom stereocenters. The summed E-state index contributed by atoms with van der Waals surface area (Å²) in [4.78, 5) is 47.6. The summed E-state index contributed by atoms with van der Waals surface area (Å²) in [5.41, 5.74) is 0.918. The predicted molar refractivity (Wildman–Crippen MR) is 109 cm³/mol. The average Bonchev–Trinajstić information content (AvgIpc) is 2.76. The van der Waals surface area contributed by atoms with E-state index in [1.165, 1.54) is 48.5 Å². The first-order valence-electron chi connectivity index (χ1n) is 8.48. The van der Waals surface area contributed by atoms with Crippen LogP contribution in [0.5, 0.6) is 0 Å². The summed E-state index contributed by atoms with van der Waals surface area (Å²) in [6.07, 6.45) is -1.78. The molecule has 0 radical (unpaired) electrons. The van der Waals surface area contributed by atoms with E-state index in [9.17, 15) is 29.8 Å². The molecule has 0 aliphatic carbocycles. The van der Waals surface area contributed by atoms with E-state index in [1.54, 1.807) is 5.82 Å². The maximum atomic E-state index is 11.9. The number of carbonyl (C=O) groups excluding carboxylic acids is 2.